The minimum Gasteiger partial charge on any atom is -0.493 e. The summed E-state index contributed by atoms with van der Waals surface area (Å²) in [7, 11) is 1.70. The van der Waals surface area contributed by atoms with E-state index in [-0.39, 0.29) is 18.0 Å². The van der Waals surface area contributed by atoms with E-state index in [1.165, 1.54) is 10.7 Å². The zero-order valence-corrected chi connectivity index (χ0v) is 16.9. The summed E-state index contributed by atoms with van der Waals surface area (Å²) in [6.07, 6.45) is 0.654. The molecule has 29 heavy (non-hydrogen) atoms. The fourth-order valence-corrected chi connectivity index (χ4v) is 2.93. The van der Waals surface area contributed by atoms with Gasteiger partial charge in [0.25, 0.3) is 5.56 Å². The molecule has 2 aromatic carbocycles. The Kier molecular flexibility index (Phi) is 7.03. The summed E-state index contributed by atoms with van der Waals surface area (Å²) in [5, 5.41) is 4.94. The standard InChI is InChI=1S/C22H22ClN3O3/c1-25(13-6-14-29-19-10-5-9-18(23)15-19)22(28)16-26-21(27)12-11-20(24-26)17-7-3-2-4-8-17/h2-5,7-12,15H,6,13-14,16H2,1H3. The van der Waals surface area contributed by atoms with Crippen molar-refractivity contribution < 1.29 is 9.53 Å². The van der Waals surface area contributed by atoms with Crippen molar-refractivity contribution in [2.45, 2.75) is 13.0 Å². The lowest BCUT2D eigenvalue weighted by Gasteiger charge is -2.18. The Hall–Kier alpha value is -3.12. The fourth-order valence-electron chi connectivity index (χ4n) is 2.75. The van der Waals surface area contributed by atoms with Crippen LogP contribution in [-0.2, 0) is 11.3 Å². The van der Waals surface area contributed by atoms with Crippen molar-refractivity contribution in [3.63, 3.8) is 0 Å². The van der Waals surface area contributed by atoms with E-state index in [4.69, 9.17) is 16.3 Å². The Morgan fingerprint density at radius 2 is 1.90 bits per heavy atom. The SMILES string of the molecule is CN(CCCOc1cccc(Cl)c1)C(=O)Cn1nc(-c2ccccc2)ccc1=O. The van der Waals surface area contributed by atoms with Crippen LogP contribution in [0.25, 0.3) is 11.3 Å². The number of hydrogen-bond acceptors (Lipinski definition) is 4. The first kappa shape index (κ1) is 20.6. The van der Waals surface area contributed by atoms with E-state index in [0.29, 0.717) is 36.0 Å². The van der Waals surface area contributed by atoms with E-state index in [1.54, 1.807) is 30.1 Å². The number of likely N-dealkylation sites (N-methyl/N-ethyl adjacent to an activating group) is 1. The zero-order chi connectivity index (χ0) is 20.6. The number of aromatic nitrogens is 2. The number of nitrogens with zero attached hydrogens (tertiary/aromatic N) is 3. The van der Waals surface area contributed by atoms with Gasteiger partial charge in [-0.15, -0.1) is 0 Å². The molecule has 3 aromatic rings. The van der Waals surface area contributed by atoms with Gasteiger partial charge in [0.1, 0.15) is 12.3 Å². The van der Waals surface area contributed by atoms with Crippen LogP contribution in [0.3, 0.4) is 0 Å². The lowest BCUT2D eigenvalue weighted by atomic mass is 10.1. The van der Waals surface area contributed by atoms with Crippen molar-refractivity contribution in [2.75, 3.05) is 20.2 Å². The highest BCUT2D eigenvalue weighted by Crippen LogP contribution is 2.17. The molecule has 0 aliphatic carbocycles. The summed E-state index contributed by atoms with van der Waals surface area (Å²) in [6, 6.07) is 19.8. The second kappa shape index (κ2) is 9.89. The number of benzene rings is 2. The van der Waals surface area contributed by atoms with Gasteiger partial charge in [0.2, 0.25) is 5.91 Å². The van der Waals surface area contributed by atoms with Crippen LogP contribution < -0.4 is 10.3 Å². The van der Waals surface area contributed by atoms with Crippen molar-refractivity contribution in [3.8, 4) is 17.0 Å². The number of carbonyl (C=O) groups excluding carboxylic acids is 1. The molecule has 1 amide bonds. The van der Waals surface area contributed by atoms with E-state index >= 15 is 0 Å². The van der Waals surface area contributed by atoms with Gasteiger partial charge in [-0.1, -0.05) is 48.0 Å². The predicted octanol–water partition coefficient (Wildman–Crippen LogP) is 3.49. The average molecular weight is 412 g/mol. The lowest BCUT2D eigenvalue weighted by Crippen LogP contribution is -2.35. The van der Waals surface area contributed by atoms with E-state index in [9.17, 15) is 9.59 Å². The van der Waals surface area contributed by atoms with Gasteiger partial charge in [0, 0.05) is 30.2 Å². The zero-order valence-electron chi connectivity index (χ0n) is 16.1. The molecule has 0 unspecified atom stereocenters. The van der Waals surface area contributed by atoms with Gasteiger partial charge in [0.05, 0.1) is 12.3 Å². The van der Waals surface area contributed by atoms with Crippen LogP contribution in [0.5, 0.6) is 5.75 Å². The summed E-state index contributed by atoms with van der Waals surface area (Å²) in [6.45, 7) is 0.858. The monoisotopic (exact) mass is 411 g/mol. The van der Waals surface area contributed by atoms with Crippen molar-refractivity contribution in [2.24, 2.45) is 0 Å². The summed E-state index contributed by atoms with van der Waals surface area (Å²) in [5.41, 5.74) is 1.23. The van der Waals surface area contributed by atoms with Gasteiger partial charge in [-0.3, -0.25) is 9.59 Å². The maximum absolute atomic E-state index is 12.5. The van der Waals surface area contributed by atoms with Crippen LogP contribution in [0.1, 0.15) is 6.42 Å². The third kappa shape index (κ3) is 5.93. The fraction of sp³-hybridized carbons (Fsp3) is 0.227. The van der Waals surface area contributed by atoms with Crippen LogP contribution in [0.2, 0.25) is 5.02 Å². The molecule has 150 valence electrons. The quantitative estimate of drug-likeness (QED) is 0.532. The third-order valence-corrected chi connectivity index (χ3v) is 4.58. The molecule has 0 radical (unpaired) electrons. The summed E-state index contributed by atoms with van der Waals surface area (Å²) in [4.78, 5) is 26.2. The second-order valence-electron chi connectivity index (χ2n) is 6.56. The maximum atomic E-state index is 12.5. The number of ether oxygens (including phenoxy) is 1. The first-order valence-electron chi connectivity index (χ1n) is 9.29. The smallest absolute Gasteiger partial charge is 0.267 e. The molecule has 0 atom stereocenters. The largest absolute Gasteiger partial charge is 0.493 e. The molecule has 6 nitrogen and oxygen atoms in total. The molecule has 3 rings (SSSR count). The Morgan fingerprint density at radius 3 is 2.66 bits per heavy atom. The Balaban J connectivity index is 1.53. The number of rotatable bonds is 8. The molecule has 0 aliphatic heterocycles. The highest BCUT2D eigenvalue weighted by molar-refractivity contribution is 6.30. The highest BCUT2D eigenvalue weighted by Gasteiger charge is 2.12. The molecule has 0 spiro atoms. The molecule has 0 saturated heterocycles. The van der Waals surface area contributed by atoms with Gasteiger partial charge >= 0.3 is 0 Å². The van der Waals surface area contributed by atoms with Crippen LogP contribution in [0, 0.1) is 0 Å². The first-order chi connectivity index (χ1) is 14.0. The van der Waals surface area contributed by atoms with Crippen molar-refractivity contribution in [1.82, 2.24) is 14.7 Å². The molecule has 0 bridgehead atoms. The van der Waals surface area contributed by atoms with Gasteiger partial charge < -0.3 is 9.64 Å². The predicted molar refractivity (Wildman–Crippen MR) is 113 cm³/mol. The van der Waals surface area contributed by atoms with Gasteiger partial charge in [-0.2, -0.15) is 5.10 Å². The number of halogens is 1. The van der Waals surface area contributed by atoms with E-state index < -0.39 is 0 Å². The van der Waals surface area contributed by atoms with Gasteiger partial charge in [-0.25, -0.2) is 4.68 Å². The first-order valence-corrected chi connectivity index (χ1v) is 9.66. The molecule has 7 heteroatoms. The molecule has 1 aromatic heterocycles. The number of hydrogen-bond donors (Lipinski definition) is 0. The Morgan fingerprint density at radius 1 is 1.10 bits per heavy atom. The molecule has 1 heterocycles. The van der Waals surface area contributed by atoms with Crippen molar-refractivity contribution in [1.29, 1.82) is 0 Å². The van der Waals surface area contributed by atoms with Gasteiger partial charge in [0.15, 0.2) is 0 Å². The topological polar surface area (TPSA) is 64.4 Å². The minimum absolute atomic E-state index is 0.106. The van der Waals surface area contributed by atoms with Crippen LogP contribution in [0.15, 0.2) is 71.5 Å². The second-order valence-corrected chi connectivity index (χ2v) is 6.99. The summed E-state index contributed by atoms with van der Waals surface area (Å²) in [5.74, 6) is 0.507. The minimum atomic E-state index is -0.310. The lowest BCUT2D eigenvalue weighted by molar-refractivity contribution is -0.130. The van der Waals surface area contributed by atoms with Crippen LogP contribution in [-0.4, -0.2) is 40.8 Å². The molecule has 0 aliphatic rings. The summed E-state index contributed by atoms with van der Waals surface area (Å²) >= 11 is 5.92. The molecule has 0 saturated carbocycles. The molecule has 0 fully saturated rings. The average Bonchev–Trinajstić information content (AvgIpc) is 2.73. The van der Waals surface area contributed by atoms with Crippen molar-refractivity contribution in [3.05, 3.63) is 82.1 Å². The van der Waals surface area contributed by atoms with Crippen molar-refractivity contribution >= 4 is 17.5 Å². The Bertz CT molecular complexity index is 1020. The number of amides is 1. The Labute approximate surface area is 174 Å². The normalized spacial score (nSPS) is 10.6. The third-order valence-electron chi connectivity index (χ3n) is 4.35. The molecule has 0 N–H and O–H groups in total. The molecular formula is C22H22ClN3O3. The van der Waals surface area contributed by atoms with E-state index in [1.807, 2.05) is 42.5 Å². The van der Waals surface area contributed by atoms with E-state index in [2.05, 4.69) is 5.10 Å². The van der Waals surface area contributed by atoms with Crippen LogP contribution in [0.4, 0.5) is 0 Å². The summed E-state index contributed by atoms with van der Waals surface area (Å²) < 4.78 is 6.83. The maximum Gasteiger partial charge on any atom is 0.267 e. The molecular weight excluding hydrogens is 390 g/mol. The highest BCUT2D eigenvalue weighted by atomic mass is 35.5. The van der Waals surface area contributed by atoms with Crippen LogP contribution >= 0.6 is 11.6 Å². The number of carbonyl (C=O) groups is 1. The van der Waals surface area contributed by atoms with E-state index in [0.717, 1.165) is 5.56 Å². The van der Waals surface area contributed by atoms with Gasteiger partial charge in [-0.05, 0) is 30.7 Å².